The molecular weight excluding hydrogens is 315 g/mol. The molecule has 1 aliphatic rings. The molecule has 1 atom stereocenters. The minimum absolute atomic E-state index is 0.0273. The van der Waals surface area contributed by atoms with Crippen molar-refractivity contribution < 1.29 is 31.9 Å². The van der Waals surface area contributed by atoms with E-state index >= 15 is 0 Å². The number of halogens is 3. The highest BCUT2D eigenvalue weighted by molar-refractivity contribution is 5.76. The van der Waals surface area contributed by atoms with Gasteiger partial charge in [-0.05, 0) is 25.0 Å². The molecule has 1 aromatic heterocycles. The fourth-order valence-corrected chi connectivity index (χ4v) is 2.35. The highest BCUT2D eigenvalue weighted by atomic mass is 19.4. The van der Waals surface area contributed by atoms with Gasteiger partial charge in [0.1, 0.15) is 12.3 Å². The van der Waals surface area contributed by atoms with E-state index in [9.17, 15) is 18.0 Å². The predicted molar refractivity (Wildman–Crippen MR) is 74.6 cm³/mol. The van der Waals surface area contributed by atoms with Gasteiger partial charge < -0.3 is 18.8 Å². The number of rotatable bonds is 8. The molecule has 0 radical (unpaired) electrons. The molecule has 2 heterocycles. The van der Waals surface area contributed by atoms with Crippen molar-refractivity contribution in [2.75, 3.05) is 26.4 Å². The third-order valence-corrected chi connectivity index (χ3v) is 3.44. The van der Waals surface area contributed by atoms with Gasteiger partial charge in [0, 0.05) is 6.61 Å². The molecule has 0 saturated carbocycles. The molecule has 1 amide bonds. The molecule has 1 unspecified atom stereocenters. The van der Waals surface area contributed by atoms with Crippen LogP contribution in [0, 0.1) is 0 Å². The van der Waals surface area contributed by atoms with Gasteiger partial charge in [0.2, 0.25) is 5.91 Å². The van der Waals surface area contributed by atoms with Gasteiger partial charge in [0.15, 0.2) is 0 Å². The molecule has 23 heavy (non-hydrogen) atoms. The van der Waals surface area contributed by atoms with Gasteiger partial charge in [0.25, 0.3) is 0 Å². The molecule has 0 spiro atoms. The number of furan rings is 1. The standard InChI is InChI=1S/C15H20F3NO4/c16-15(17,18)11-19(9-12-3-1-6-22-12)14(20)5-8-21-10-13-4-2-7-23-13/h1,3,6,13H,2,4-5,7-11H2. The van der Waals surface area contributed by atoms with Gasteiger partial charge in [-0.1, -0.05) is 0 Å². The average Bonchev–Trinajstić information content (AvgIpc) is 3.14. The van der Waals surface area contributed by atoms with E-state index < -0.39 is 18.6 Å². The van der Waals surface area contributed by atoms with Crippen LogP contribution in [0.1, 0.15) is 25.0 Å². The van der Waals surface area contributed by atoms with Crippen molar-refractivity contribution >= 4 is 5.91 Å². The van der Waals surface area contributed by atoms with Gasteiger partial charge in [-0.3, -0.25) is 4.79 Å². The minimum Gasteiger partial charge on any atom is -0.467 e. The topological polar surface area (TPSA) is 51.9 Å². The quantitative estimate of drug-likeness (QED) is 0.686. The summed E-state index contributed by atoms with van der Waals surface area (Å²) < 4.78 is 53.5. The van der Waals surface area contributed by atoms with Crippen molar-refractivity contribution in [3.8, 4) is 0 Å². The van der Waals surface area contributed by atoms with Crippen molar-refractivity contribution in [1.29, 1.82) is 0 Å². The van der Waals surface area contributed by atoms with Crippen LogP contribution in [0.5, 0.6) is 0 Å². The fourth-order valence-electron chi connectivity index (χ4n) is 2.35. The van der Waals surface area contributed by atoms with Crippen molar-refractivity contribution in [2.45, 2.75) is 38.1 Å². The summed E-state index contributed by atoms with van der Waals surface area (Å²) in [4.78, 5) is 12.7. The van der Waals surface area contributed by atoms with E-state index in [2.05, 4.69) is 0 Å². The first-order valence-corrected chi connectivity index (χ1v) is 7.50. The van der Waals surface area contributed by atoms with Crippen LogP contribution >= 0.6 is 0 Å². The summed E-state index contributed by atoms with van der Waals surface area (Å²) in [5.41, 5.74) is 0. The van der Waals surface area contributed by atoms with Crippen molar-refractivity contribution in [1.82, 2.24) is 4.90 Å². The summed E-state index contributed by atoms with van der Waals surface area (Å²) in [7, 11) is 0. The molecule has 0 bridgehead atoms. The van der Waals surface area contributed by atoms with Crippen LogP contribution in [0.15, 0.2) is 22.8 Å². The number of carbonyl (C=O) groups is 1. The van der Waals surface area contributed by atoms with E-state index in [1.54, 1.807) is 6.07 Å². The highest BCUT2D eigenvalue weighted by Crippen LogP contribution is 2.19. The maximum atomic E-state index is 12.6. The lowest BCUT2D eigenvalue weighted by molar-refractivity contribution is -0.163. The summed E-state index contributed by atoms with van der Waals surface area (Å²) in [5.74, 6) is -0.311. The Morgan fingerprint density at radius 2 is 2.26 bits per heavy atom. The normalized spacial score (nSPS) is 18.3. The van der Waals surface area contributed by atoms with Crippen molar-refractivity contribution in [3.05, 3.63) is 24.2 Å². The van der Waals surface area contributed by atoms with Crippen LogP contribution in [0.3, 0.4) is 0 Å². The first-order chi connectivity index (χ1) is 10.9. The fraction of sp³-hybridized carbons (Fsp3) is 0.667. The van der Waals surface area contributed by atoms with E-state index in [-0.39, 0.29) is 25.7 Å². The second kappa shape index (κ2) is 8.35. The Balaban J connectivity index is 1.77. The Bertz CT molecular complexity index is 470. The average molecular weight is 335 g/mol. The molecule has 0 aromatic carbocycles. The number of hydrogen-bond donors (Lipinski definition) is 0. The highest BCUT2D eigenvalue weighted by Gasteiger charge is 2.33. The summed E-state index contributed by atoms with van der Waals surface area (Å²) in [6, 6.07) is 3.10. The zero-order valence-electron chi connectivity index (χ0n) is 12.7. The predicted octanol–water partition coefficient (Wildman–Crippen LogP) is 2.76. The van der Waals surface area contributed by atoms with Gasteiger partial charge in [-0.2, -0.15) is 13.2 Å². The van der Waals surface area contributed by atoms with E-state index in [1.165, 1.54) is 12.3 Å². The number of ether oxygens (including phenoxy) is 2. The number of hydrogen-bond acceptors (Lipinski definition) is 4. The van der Waals surface area contributed by atoms with Gasteiger partial charge in [0.05, 0.1) is 38.5 Å². The van der Waals surface area contributed by atoms with E-state index in [0.29, 0.717) is 19.0 Å². The lowest BCUT2D eigenvalue weighted by Gasteiger charge is -2.23. The van der Waals surface area contributed by atoms with Crippen LogP contribution in [0.4, 0.5) is 13.2 Å². The molecule has 1 fully saturated rings. The van der Waals surface area contributed by atoms with Gasteiger partial charge in [-0.15, -0.1) is 0 Å². The van der Waals surface area contributed by atoms with Crippen LogP contribution in [-0.4, -0.2) is 49.5 Å². The molecule has 2 rings (SSSR count). The Kier molecular flexibility index (Phi) is 6.47. The molecule has 0 N–H and O–H groups in total. The molecule has 1 saturated heterocycles. The molecule has 8 heteroatoms. The number of carbonyl (C=O) groups excluding carboxylic acids is 1. The Labute approximate surface area is 132 Å². The Morgan fingerprint density at radius 3 is 2.87 bits per heavy atom. The molecule has 1 aromatic rings. The second-order valence-electron chi connectivity index (χ2n) is 5.40. The maximum absolute atomic E-state index is 12.6. The lowest BCUT2D eigenvalue weighted by atomic mass is 10.2. The first kappa shape index (κ1) is 17.8. The van der Waals surface area contributed by atoms with E-state index in [1.807, 2.05) is 0 Å². The zero-order chi connectivity index (χ0) is 16.7. The maximum Gasteiger partial charge on any atom is 0.406 e. The molecule has 0 aliphatic carbocycles. The van der Waals surface area contributed by atoms with Crippen molar-refractivity contribution in [3.63, 3.8) is 0 Å². The molecular formula is C15H20F3NO4. The van der Waals surface area contributed by atoms with Crippen LogP contribution < -0.4 is 0 Å². The van der Waals surface area contributed by atoms with E-state index in [0.717, 1.165) is 17.7 Å². The third kappa shape index (κ3) is 6.62. The number of alkyl halides is 3. The van der Waals surface area contributed by atoms with Crippen LogP contribution in [0.2, 0.25) is 0 Å². The third-order valence-electron chi connectivity index (χ3n) is 3.44. The number of nitrogens with zero attached hydrogens (tertiary/aromatic N) is 1. The number of amides is 1. The summed E-state index contributed by atoms with van der Waals surface area (Å²) in [5, 5.41) is 0. The smallest absolute Gasteiger partial charge is 0.406 e. The molecule has 130 valence electrons. The lowest BCUT2D eigenvalue weighted by Crippen LogP contribution is -2.38. The van der Waals surface area contributed by atoms with Crippen molar-refractivity contribution in [2.24, 2.45) is 0 Å². The first-order valence-electron chi connectivity index (χ1n) is 7.50. The molecule has 1 aliphatic heterocycles. The molecule has 5 nitrogen and oxygen atoms in total. The Morgan fingerprint density at radius 1 is 1.43 bits per heavy atom. The summed E-state index contributed by atoms with van der Waals surface area (Å²) in [6.45, 7) is -0.374. The zero-order valence-corrected chi connectivity index (χ0v) is 12.7. The SMILES string of the molecule is O=C(CCOCC1CCCO1)N(Cc1ccco1)CC(F)(F)F. The monoisotopic (exact) mass is 335 g/mol. The van der Waals surface area contributed by atoms with Crippen LogP contribution in [-0.2, 0) is 20.8 Å². The van der Waals surface area contributed by atoms with Crippen LogP contribution in [0.25, 0.3) is 0 Å². The summed E-state index contributed by atoms with van der Waals surface area (Å²) >= 11 is 0. The van der Waals surface area contributed by atoms with Gasteiger partial charge >= 0.3 is 6.18 Å². The Hall–Kier alpha value is -1.54. The minimum atomic E-state index is -4.46. The van der Waals surface area contributed by atoms with Gasteiger partial charge in [-0.25, -0.2) is 0 Å². The second-order valence-corrected chi connectivity index (χ2v) is 5.40. The largest absolute Gasteiger partial charge is 0.467 e. The van der Waals surface area contributed by atoms with E-state index in [4.69, 9.17) is 13.9 Å². The summed E-state index contributed by atoms with van der Waals surface area (Å²) in [6.07, 6.45) is -1.29.